The van der Waals surface area contributed by atoms with Crippen molar-refractivity contribution in [1.29, 1.82) is 0 Å². The van der Waals surface area contributed by atoms with E-state index in [1.807, 2.05) is 13.0 Å². The lowest BCUT2D eigenvalue weighted by atomic mass is 10.2. The van der Waals surface area contributed by atoms with E-state index in [2.05, 4.69) is 44.8 Å². The fraction of sp³-hybridized carbons (Fsp3) is 0.538. The zero-order valence-electron chi connectivity index (χ0n) is 11.6. The molecule has 1 aromatic heterocycles. The Labute approximate surface area is 122 Å². The van der Waals surface area contributed by atoms with Gasteiger partial charge >= 0.3 is 0 Å². The Bertz CT molecular complexity index is 448. The minimum Gasteiger partial charge on any atom is -0.409 e. The standard InChI is InChI=1S/C13H21BrN4O/c1-9(2)8-18(7-5-11(15)17-19)13-12(14)10(3)4-6-16-13/h4,6,9,19H,5,7-8H2,1-3H3,(H2,15,17). The van der Waals surface area contributed by atoms with Gasteiger partial charge in [0.05, 0.1) is 4.47 Å². The van der Waals surface area contributed by atoms with Crippen LogP contribution < -0.4 is 10.6 Å². The normalized spacial score (nSPS) is 11.9. The van der Waals surface area contributed by atoms with Gasteiger partial charge in [0.1, 0.15) is 11.7 Å². The van der Waals surface area contributed by atoms with E-state index in [0.29, 0.717) is 18.9 Å². The largest absolute Gasteiger partial charge is 0.409 e. The number of amidine groups is 1. The van der Waals surface area contributed by atoms with E-state index in [-0.39, 0.29) is 5.84 Å². The molecule has 0 aromatic carbocycles. The van der Waals surface area contributed by atoms with E-state index < -0.39 is 0 Å². The summed E-state index contributed by atoms with van der Waals surface area (Å²) in [7, 11) is 0. The molecule has 3 N–H and O–H groups in total. The molecule has 0 aliphatic heterocycles. The third-order valence-electron chi connectivity index (χ3n) is 2.72. The molecular formula is C13H21BrN4O. The molecule has 0 aliphatic carbocycles. The topological polar surface area (TPSA) is 74.7 Å². The smallest absolute Gasteiger partial charge is 0.143 e. The van der Waals surface area contributed by atoms with Crippen LogP contribution in [0.2, 0.25) is 0 Å². The average Bonchev–Trinajstić information content (AvgIpc) is 2.37. The number of halogens is 1. The van der Waals surface area contributed by atoms with Crippen molar-refractivity contribution < 1.29 is 5.21 Å². The van der Waals surface area contributed by atoms with Crippen LogP contribution in [-0.2, 0) is 0 Å². The van der Waals surface area contributed by atoms with Crippen molar-refractivity contribution >= 4 is 27.6 Å². The Morgan fingerprint density at radius 3 is 2.84 bits per heavy atom. The third kappa shape index (κ3) is 4.70. The minimum absolute atomic E-state index is 0.234. The summed E-state index contributed by atoms with van der Waals surface area (Å²) in [5.74, 6) is 1.64. The van der Waals surface area contributed by atoms with Crippen LogP contribution >= 0.6 is 15.9 Å². The number of hydrogen-bond donors (Lipinski definition) is 2. The summed E-state index contributed by atoms with van der Waals surface area (Å²) < 4.78 is 0.996. The average molecular weight is 329 g/mol. The lowest BCUT2D eigenvalue weighted by Crippen LogP contribution is -2.32. The second-order valence-electron chi connectivity index (χ2n) is 4.95. The number of aromatic nitrogens is 1. The zero-order chi connectivity index (χ0) is 14.4. The highest BCUT2D eigenvalue weighted by Crippen LogP contribution is 2.27. The number of aryl methyl sites for hydroxylation is 1. The van der Waals surface area contributed by atoms with Gasteiger partial charge in [-0.25, -0.2) is 4.98 Å². The number of anilines is 1. The molecule has 5 nitrogen and oxygen atoms in total. The van der Waals surface area contributed by atoms with E-state index in [9.17, 15) is 0 Å². The van der Waals surface area contributed by atoms with Crippen LogP contribution in [-0.4, -0.2) is 29.1 Å². The van der Waals surface area contributed by atoms with E-state index in [0.717, 1.165) is 22.4 Å². The lowest BCUT2D eigenvalue weighted by molar-refractivity contribution is 0.317. The Balaban J connectivity index is 2.92. The van der Waals surface area contributed by atoms with Gasteiger partial charge in [0.2, 0.25) is 0 Å². The highest BCUT2D eigenvalue weighted by molar-refractivity contribution is 9.10. The number of nitrogens with two attached hydrogens (primary N) is 1. The SMILES string of the molecule is Cc1ccnc(N(CC/C(N)=N/O)CC(C)C)c1Br. The molecule has 0 aliphatic rings. The first-order valence-electron chi connectivity index (χ1n) is 6.28. The highest BCUT2D eigenvalue weighted by atomic mass is 79.9. The molecule has 19 heavy (non-hydrogen) atoms. The number of rotatable bonds is 6. The van der Waals surface area contributed by atoms with E-state index in [1.54, 1.807) is 6.20 Å². The molecule has 0 atom stereocenters. The number of hydrogen-bond acceptors (Lipinski definition) is 4. The van der Waals surface area contributed by atoms with Crippen molar-refractivity contribution in [2.75, 3.05) is 18.0 Å². The fourth-order valence-corrected chi connectivity index (χ4v) is 2.26. The molecule has 0 unspecified atom stereocenters. The summed E-state index contributed by atoms with van der Waals surface area (Å²) in [6, 6.07) is 1.96. The van der Waals surface area contributed by atoms with E-state index in [1.165, 1.54) is 0 Å². The van der Waals surface area contributed by atoms with Gasteiger partial charge in [0.15, 0.2) is 0 Å². The molecular weight excluding hydrogens is 308 g/mol. The second kappa shape index (κ2) is 7.33. The van der Waals surface area contributed by atoms with Crippen molar-refractivity contribution in [1.82, 2.24) is 4.98 Å². The van der Waals surface area contributed by atoms with Crippen LogP contribution in [0.15, 0.2) is 21.9 Å². The van der Waals surface area contributed by atoms with Crippen LogP contribution in [0.1, 0.15) is 25.8 Å². The summed E-state index contributed by atoms with van der Waals surface area (Å²) in [5, 5.41) is 11.6. The molecule has 1 heterocycles. The summed E-state index contributed by atoms with van der Waals surface area (Å²) in [6.45, 7) is 7.88. The van der Waals surface area contributed by atoms with Gasteiger partial charge in [0.25, 0.3) is 0 Å². The lowest BCUT2D eigenvalue weighted by Gasteiger charge is -2.26. The molecule has 0 bridgehead atoms. The first kappa shape index (κ1) is 15.8. The molecule has 0 amide bonds. The summed E-state index contributed by atoms with van der Waals surface area (Å²) in [6.07, 6.45) is 2.30. The van der Waals surface area contributed by atoms with E-state index >= 15 is 0 Å². The van der Waals surface area contributed by atoms with Crippen molar-refractivity contribution in [2.45, 2.75) is 27.2 Å². The summed E-state index contributed by atoms with van der Waals surface area (Å²) >= 11 is 3.58. The van der Waals surface area contributed by atoms with Crippen molar-refractivity contribution in [3.8, 4) is 0 Å². The van der Waals surface area contributed by atoms with E-state index in [4.69, 9.17) is 10.9 Å². The molecule has 0 saturated heterocycles. The van der Waals surface area contributed by atoms with Crippen molar-refractivity contribution in [3.63, 3.8) is 0 Å². The van der Waals surface area contributed by atoms with Crippen molar-refractivity contribution in [2.24, 2.45) is 16.8 Å². The minimum atomic E-state index is 0.234. The fourth-order valence-electron chi connectivity index (χ4n) is 1.77. The molecule has 0 spiro atoms. The van der Waals surface area contributed by atoms with Crippen LogP contribution in [0.4, 0.5) is 5.82 Å². The maximum Gasteiger partial charge on any atom is 0.143 e. The molecule has 106 valence electrons. The predicted molar refractivity (Wildman–Crippen MR) is 81.8 cm³/mol. The van der Waals surface area contributed by atoms with Crippen LogP contribution in [0.5, 0.6) is 0 Å². The maximum absolute atomic E-state index is 8.62. The summed E-state index contributed by atoms with van der Waals surface area (Å²) in [4.78, 5) is 6.58. The molecule has 0 fully saturated rings. The molecule has 1 aromatic rings. The van der Waals surface area contributed by atoms with Crippen LogP contribution in [0.25, 0.3) is 0 Å². The van der Waals surface area contributed by atoms with Gasteiger partial charge in [-0.1, -0.05) is 19.0 Å². The Kier molecular flexibility index (Phi) is 6.08. The third-order valence-corrected chi connectivity index (χ3v) is 3.70. The highest BCUT2D eigenvalue weighted by Gasteiger charge is 2.14. The first-order chi connectivity index (χ1) is 8.95. The maximum atomic E-state index is 8.62. The van der Waals surface area contributed by atoms with Crippen LogP contribution in [0.3, 0.4) is 0 Å². The Hall–Kier alpha value is -1.30. The Morgan fingerprint density at radius 2 is 2.26 bits per heavy atom. The monoisotopic (exact) mass is 328 g/mol. The number of pyridine rings is 1. The Morgan fingerprint density at radius 1 is 1.58 bits per heavy atom. The summed E-state index contributed by atoms with van der Waals surface area (Å²) in [5.41, 5.74) is 6.68. The van der Waals surface area contributed by atoms with Gasteiger partial charge in [-0.05, 0) is 40.4 Å². The van der Waals surface area contributed by atoms with Gasteiger partial charge in [-0.3, -0.25) is 0 Å². The van der Waals surface area contributed by atoms with Crippen molar-refractivity contribution in [3.05, 3.63) is 22.3 Å². The van der Waals surface area contributed by atoms with Gasteiger partial charge < -0.3 is 15.8 Å². The van der Waals surface area contributed by atoms with Crippen LogP contribution in [0, 0.1) is 12.8 Å². The predicted octanol–water partition coefficient (Wildman–Crippen LogP) is 2.75. The number of nitrogens with zero attached hydrogens (tertiary/aromatic N) is 3. The quantitative estimate of drug-likeness (QED) is 0.364. The molecule has 6 heteroatoms. The first-order valence-corrected chi connectivity index (χ1v) is 7.07. The molecule has 0 saturated carbocycles. The van der Waals surface area contributed by atoms with Gasteiger partial charge in [-0.15, -0.1) is 0 Å². The van der Waals surface area contributed by atoms with Gasteiger partial charge in [0, 0.05) is 25.7 Å². The van der Waals surface area contributed by atoms with Gasteiger partial charge in [-0.2, -0.15) is 0 Å². The zero-order valence-corrected chi connectivity index (χ0v) is 13.2. The number of oxime groups is 1. The molecule has 0 radical (unpaired) electrons. The molecule has 1 rings (SSSR count). The second-order valence-corrected chi connectivity index (χ2v) is 5.74.